The fraction of sp³-hybridized carbons (Fsp3) is 0.750. The number of aryl methyl sites for hydroxylation is 1. The number of hydrogen-bond acceptors (Lipinski definition) is 3. The maximum Gasteiger partial charge on any atom is 0.157 e. The smallest absolute Gasteiger partial charge is 0.157 e. The first-order valence-corrected chi connectivity index (χ1v) is 6.07. The SMILES string of the molecule is CN1CCCCC1CCOc1cnn(C)c1. The van der Waals surface area contributed by atoms with Crippen LogP contribution in [0.25, 0.3) is 0 Å². The van der Waals surface area contributed by atoms with Crippen molar-refractivity contribution in [3.8, 4) is 5.75 Å². The summed E-state index contributed by atoms with van der Waals surface area (Å²) < 4.78 is 7.43. The van der Waals surface area contributed by atoms with E-state index in [1.807, 2.05) is 13.2 Å². The van der Waals surface area contributed by atoms with Gasteiger partial charge in [-0.15, -0.1) is 0 Å². The second-order valence-electron chi connectivity index (χ2n) is 4.62. The van der Waals surface area contributed by atoms with Crippen LogP contribution >= 0.6 is 0 Å². The molecule has 0 saturated carbocycles. The van der Waals surface area contributed by atoms with E-state index in [-0.39, 0.29) is 0 Å². The Morgan fingerprint density at radius 3 is 3.00 bits per heavy atom. The Morgan fingerprint density at radius 2 is 2.31 bits per heavy atom. The molecule has 1 aromatic heterocycles. The largest absolute Gasteiger partial charge is 0.490 e. The fourth-order valence-corrected chi connectivity index (χ4v) is 2.29. The highest BCUT2D eigenvalue weighted by Gasteiger charge is 2.18. The van der Waals surface area contributed by atoms with E-state index < -0.39 is 0 Å². The van der Waals surface area contributed by atoms with Crippen LogP contribution in [0.2, 0.25) is 0 Å². The molecule has 90 valence electrons. The molecule has 0 spiro atoms. The lowest BCUT2D eigenvalue weighted by molar-refractivity contribution is 0.153. The molecule has 2 rings (SSSR count). The van der Waals surface area contributed by atoms with Crippen molar-refractivity contribution in [1.82, 2.24) is 14.7 Å². The van der Waals surface area contributed by atoms with E-state index in [0.717, 1.165) is 18.8 Å². The fourth-order valence-electron chi connectivity index (χ4n) is 2.29. The molecule has 4 heteroatoms. The van der Waals surface area contributed by atoms with Gasteiger partial charge in [0.25, 0.3) is 0 Å². The van der Waals surface area contributed by atoms with Crippen molar-refractivity contribution in [3.63, 3.8) is 0 Å². The molecule has 0 N–H and O–H groups in total. The Bertz CT molecular complexity index is 324. The monoisotopic (exact) mass is 223 g/mol. The molecule has 1 unspecified atom stereocenters. The first-order valence-electron chi connectivity index (χ1n) is 6.07. The lowest BCUT2D eigenvalue weighted by atomic mass is 10.0. The van der Waals surface area contributed by atoms with Gasteiger partial charge < -0.3 is 9.64 Å². The quantitative estimate of drug-likeness (QED) is 0.778. The van der Waals surface area contributed by atoms with Crippen molar-refractivity contribution in [2.24, 2.45) is 7.05 Å². The molecule has 0 bridgehead atoms. The zero-order valence-corrected chi connectivity index (χ0v) is 10.2. The van der Waals surface area contributed by atoms with Crippen LogP contribution < -0.4 is 4.74 Å². The summed E-state index contributed by atoms with van der Waals surface area (Å²) in [6.07, 6.45) is 8.81. The van der Waals surface area contributed by atoms with Crippen molar-refractivity contribution in [1.29, 1.82) is 0 Å². The highest BCUT2D eigenvalue weighted by atomic mass is 16.5. The van der Waals surface area contributed by atoms with Crippen molar-refractivity contribution < 1.29 is 4.74 Å². The summed E-state index contributed by atoms with van der Waals surface area (Å²) in [6, 6.07) is 0.699. The van der Waals surface area contributed by atoms with E-state index in [1.54, 1.807) is 10.9 Å². The molecular formula is C12H21N3O. The first-order chi connectivity index (χ1) is 7.75. The predicted molar refractivity (Wildman–Crippen MR) is 63.6 cm³/mol. The summed E-state index contributed by atoms with van der Waals surface area (Å²) in [6.45, 7) is 2.03. The minimum atomic E-state index is 0.699. The van der Waals surface area contributed by atoms with Gasteiger partial charge >= 0.3 is 0 Å². The second kappa shape index (κ2) is 5.34. The molecule has 0 aliphatic carbocycles. The van der Waals surface area contributed by atoms with Gasteiger partial charge in [-0.3, -0.25) is 4.68 Å². The van der Waals surface area contributed by atoms with Gasteiger partial charge in [0.1, 0.15) is 0 Å². The highest BCUT2D eigenvalue weighted by Crippen LogP contribution is 2.18. The Hall–Kier alpha value is -1.03. The Kier molecular flexibility index (Phi) is 3.83. The van der Waals surface area contributed by atoms with Crippen LogP contribution in [0.3, 0.4) is 0 Å². The molecule has 2 heterocycles. The summed E-state index contributed by atoms with van der Waals surface area (Å²) in [5.41, 5.74) is 0. The minimum Gasteiger partial charge on any atom is -0.490 e. The number of likely N-dealkylation sites (tertiary alicyclic amines) is 1. The van der Waals surface area contributed by atoms with E-state index in [9.17, 15) is 0 Å². The van der Waals surface area contributed by atoms with Gasteiger partial charge in [-0.25, -0.2) is 0 Å². The van der Waals surface area contributed by atoms with Crippen molar-refractivity contribution in [2.45, 2.75) is 31.7 Å². The van der Waals surface area contributed by atoms with Crippen LogP contribution in [0.15, 0.2) is 12.4 Å². The molecule has 1 fully saturated rings. The molecule has 0 aromatic carbocycles. The molecule has 16 heavy (non-hydrogen) atoms. The third-order valence-electron chi connectivity index (χ3n) is 3.32. The summed E-state index contributed by atoms with van der Waals surface area (Å²) in [5.74, 6) is 0.876. The number of aromatic nitrogens is 2. The average Bonchev–Trinajstić information content (AvgIpc) is 2.67. The highest BCUT2D eigenvalue weighted by molar-refractivity contribution is 5.11. The van der Waals surface area contributed by atoms with Crippen molar-refractivity contribution in [3.05, 3.63) is 12.4 Å². The molecular weight excluding hydrogens is 202 g/mol. The second-order valence-corrected chi connectivity index (χ2v) is 4.62. The van der Waals surface area contributed by atoms with Crippen LogP contribution in [0.4, 0.5) is 0 Å². The van der Waals surface area contributed by atoms with Crippen molar-refractivity contribution >= 4 is 0 Å². The third-order valence-corrected chi connectivity index (χ3v) is 3.32. The zero-order valence-electron chi connectivity index (χ0n) is 10.2. The maximum atomic E-state index is 5.67. The molecule has 1 saturated heterocycles. The predicted octanol–water partition coefficient (Wildman–Crippen LogP) is 1.67. The molecule has 1 aliphatic rings. The van der Waals surface area contributed by atoms with E-state index in [2.05, 4.69) is 17.0 Å². The Morgan fingerprint density at radius 1 is 1.44 bits per heavy atom. The van der Waals surface area contributed by atoms with E-state index >= 15 is 0 Å². The van der Waals surface area contributed by atoms with E-state index in [0.29, 0.717) is 6.04 Å². The maximum absolute atomic E-state index is 5.67. The van der Waals surface area contributed by atoms with Crippen molar-refractivity contribution in [2.75, 3.05) is 20.2 Å². The van der Waals surface area contributed by atoms with E-state index in [4.69, 9.17) is 4.74 Å². The van der Waals surface area contributed by atoms with Gasteiger partial charge in [0.15, 0.2) is 5.75 Å². The van der Waals surface area contributed by atoms with Gasteiger partial charge in [-0.05, 0) is 32.9 Å². The van der Waals surface area contributed by atoms with Gasteiger partial charge in [0, 0.05) is 13.1 Å². The molecule has 1 aliphatic heterocycles. The molecule has 1 atom stereocenters. The van der Waals surface area contributed by atoms with Crippen LogP contribution in [0.1, 0.15) is 25.7 Å². The summed E-state index contributed by atoms with van der Waals surface area (Å²) in [4.78, 5) is 2.45. The number of hydrogen-bond donors (Lipinski definition) is 0. The van der Waals surface area contributed by atoms with Crippen LogP contribution in [-0.4, -0.2) is 40.9 Å². The lowest BCUT2D eigenvalue weighted by Gasteiger charge is -2.32. The van der Waals surface area contributed by atoms with Crippen LogP contribution in [0, 0.1) is 0 Å². The number of rotatable bonds is 4. The number of ether oxygens (including phenoxy) is 1. The van der Waals surface area contributed by atoms with Gasteiger partial charge in [0.2, 0.25) is 0 Å². The Labute approximate surface area is 97.2 Å². The van der Waals surface area contributed by atoms with Gasteiger partial charge in [-0.1, -0.05) is 6.42 Å². The van der Waals surface area contributed by atoms with Crippen LogP contribution in [-0.2, 0) is 7.05 Å². The summed E-state index contributed by atoms with van der Waals surface area (Å²) in [7, 11) is 4.12. The minimum absolute atomic E-state index is 0.699. The average molecular weight is 223 g/mol. The topological polar surface area (TPSA) is 30.3 Å². The standard InChI is InChI=1S/C12H21N3O/c1-14-7-4-3-5-11(14)6-8-16-12-9-13-15(2)10-12/h9-11H,3-8H2,1-2H3. The Balaban J connectivity index is 1.71. The van der Waals surface area contributed by atoms with Gasteiger partial charge in [0.05, 0.1) is 19.0 Å². The summed E-state index contributed by atoms with van der Waals surface area (Å²) >= 11 is 0. The van der Waals surface area contributed by atoms with Crippen LogP contribution in [0.5, 0.6) is 5.75 Å². The van der Waals surface area contributed by atoms with Gasteiger partial charge in [-0.2, -0.15) is 5.10 Å². The number of piperidine rings is 1. The first kappa shape index (κ1) is 11.5. The zero-order chi connectivity index (χ0) is 11.4. The molecule has 0 amide bonds. The lowest BCUT2D eigenvalue weighted by Crippen LogP contribution is -2.37. The molecule has 0 radical (unpaired) electrons. The summed E-state index contributed by atoms with van der Waals surface area (Å²) in [5, 5.41) is 4.08. The van der Waals surface area contributed by atoms with E-state index in [1.165, 1.54) is 25.8 Å². The normalized spacial score (nSPS) is 22.2. The molecule has 4 nitrogen and oxygen atoms in total. The number of nitrogens with zero attached hydrogens (tertiary/aromatic N) is 3. The third kappa shape index (κ3) is 2.98. The molecule has 1 aromatic rings.